The topological polar surface area (TPSA) is 51.2 Å². The van der Waals surface area contributed by atoms with Crippen molar-refractivity contribution in [2.45, 2.75) is 13.8 Å². The summed E-state index contributed by atoms with van der Waals surface area (Å²) in [6.07, 6.45) is 1.66. The van der Waals surface area contributed by atoms with Crippen LogP contribution in [-0.2, 0) is 9.53 Å². The van der Waals surface area contributed by atoms with Crippen molar-refractivity contribution >= 4 is 27.7 Å². The number of aryl methyl sites for hydroxylation is 1. The molecule has 1 N–H and O–H groups in total. The highest BCUT2D eigenvalue weighted by molar-refractivity contribution is 9.10. The highest BCUT2D eigenvalue weighted by Crippen LogP contribution is 2.16. The zero-order valence-electron chi connectivity index (χ0n) is 8.71. The molecule has 0 aromatic carbocycles. The molecule has 0 aliphatic heterocycles. The van der Waals surface area contributed by atoms with Crippen molar-refractivity contribution in [2.24, 2.45) is 0 Å². The van der Waals surface area contributed by atoms with Crippen molar-refractivity contribution in [1.82, 2.24) is 4.98 Å². The maximum Gasteiger partial charge on any atom is 0.251 e. The second kappa shape index (κ2) is 5.82. The molecule has 1 amide bonds. The molecule has 1 aromatic heterocycles. The van der Waals surface area contributed by atoms with Crippen LogP contribution >= 0.6 is 15.9 Å². The summed E-state index contributed by atoms with van der Waals surface area (Å²) < 4.78 is 5.89. The molecule has 1 aromatic rings. The Morgan fingerprint density at radius 2 is 2.40 bits per heavy atom. The summed E-state index contributed by atoms with van der Waals surface area (Å²) in [6.45, 7) is 4.37. The standard InChI is InChI=1S/C10H13BrN2O2/c1-3-15-6-10(14)13-9-4-7(2)8(11)5-12-9/h4-5H,3,6H2,1-2H3,(H,12,13,14). The molecule has 4 nitrogen and oxygen atoms in total. The molecule has 1 rings (SSSR count). The zero-order valence-corrected chi connectivity index (χ0v) is 10.3. The quantitative estimate of drug-likeness (QED) is 0.914. The normalized spacial score (nSPS) is 10.1. The number of hydrogen-bond acceptors (Lipinski definition) is 3. The third kappa shape index (κ3) is 3.97. The summed E-state index contributed by atoms with van der Waals surface area (Å²) in [7, 11) is 0. The molecule has 15 heavy (non-hydrogen) atoms. The first-order valence-corrected chi connectivity index (χ1v) is 5.42. The number of pyridine rings is 1. The van der Waals surface area contributed by atoms with E-state index in [2.05, 4.69) is 26.2 Å². The summed E-state index contributed by atoms with van der Waals surface area (Å²) in [6, 6.07) is 1.80. The highest BCUT2D eigenvalue weighted by Gasteiger charge is 2.04. The molecule has 5 heteroatoms. The third-order valence-electron chi connectivity index (χ3n) is 1.75. The number of rotatable bonds is 4. The van der Waals surface area contributed by atoms with Crippen LogP contribution in [-0.4, -0.2) is 24.1 Å². The second-order valence-corrected chi connectivity index (χ2v) is 3.86. The third-order valence-corrected chi connectivity index (χ3v) is 2.58. The van der Waals surface area contributed by atoms with E-state index < -0.39 is 0 Å². The Bertz CT molecular complexity index is 355. The first-order valence-electron chi connectivity index (χ1n) is 4.63. The SMILES string of the molecule is CCOCC(=O)Nc1cc(C)c(Br)cn1. The summed E-state index contributed by atoms with van der Waals surface area (Å²) in [4.78, 5) is 15.3. The van der Waals surface area contributed by atoms with Gasteiger partial charge in [0.25, 0.3) is 5.91 Å². The second-order valence-electron chi connectivity index (χ2n) is 3.00. The number of nitrogens with one attached hydrogen (secondary N) is 1. The first-order chi connectivity index (χ1) is 7.13. The lowest BCUT2D eigenvalue weighted by molar-refractivity contribution is -0.120. The summed E-state index contributed by atoms with van der Waals surface area (Å²) in [5.41, 5.74) is 1.02. The Morgan fingerprint density at radius 1 is 1.67 bits per heavy atom. The molecule has 0 unspecified atom stereocenters. The maximum atomic E-state index is 11.3. The van der Waals surface area contributed by atoms with Gasteiger partial charge < -0.3 is 10.1 Å². The molecule has 0 spiro atoms. The zero-order chi connectivity index (χ0) is 11.3. The van der Waals surface area contributed by atoms with Crippen molar-refractivity contribution in [2.75, 3.05) is 18.5 Å². The van der Waals surface area contributed by atoms with E-state index >= 15 is 0 Å². The maximum absolute atomic E-state index is 11.3. The molecule has 0 fully saturated rings. The van der Waals surface area contributed by atoms with Crippen LogP contribution in [0.1, 0.15) is 12.5 Å². The molecule has 0 saturated heterocycles. The summed E-state index contributed by atoms with van der Waals surface area (Å²) >= 11 is 3.34. The van der Waals surface area contributed by atoms with Gasteiger partial charge in [0.2, 0.25) is 0 Å². The molecule has 0 bridgehead atoms. The van der Waals surface area contributed by atoms with Gasteiger partial charge in [-0.15, -0.1) is 0 Å². The molecular weight excluding hydrogens is 260 g/mol. The Morgan fingerprint density at radius 3 is 3.00 bits per heavy atom. The van der Waals surface area contributed by atoms with Crippen molar-refractivity contribution in [3.63, 3.8) is 0 Å². The first kappa shape index (κ1) is 12.1. The van der Waals surface area contributed by atoms with Gasteiger partial charge in [-0.05, 0) is 41.4 Å². The van der Waals surface area contributed by atoms with Crippen LogP contribution in [0, 0.1) is 6.92 Å². The Labute approximate surface area is 97.2 Å². The van der Waals surface area contributed by atoms with Crippen molar-refractivity contribution in [1.29, 1.82) is 0 Å². The van der Waals surface area contributed by atoms with Gasteiger partial charge in [-0.2, -0.15) is 0 Å². The van der Waals surface area contributed by atoms with Crippen molar-refractivity contribution in [3.8, 4) is 0 Å². The van der Waals surface area contributed by atoms with Crippen LogP contribution in [0.5, 0.6) is 0 Å². The van der Waals surface area contributed by atoms with Gasteiger partial charge in [0, 0.05) is 17.3 Å². The van der Waals surface area contributed by atoms with Gasteiger partial charge in [0.1, 0.15) is 12.4 Å². The van der Waals surface area contributed by atoms with E-state index in [0.29, 0.717) is 12.4 Å². The average molecular weight is 273 g/mol. The largest absolute Gasteiger partial charge is 0.372 e. The van der Waals surface area contributed by atoms with E-state index in [1.54, 1.807) is 12.3 Å². The number of anilines is 1. The Balaban J connectivity index is 2.57. The van der Waals surface area contributed by atoms with Crippen LogP contribution in [0.25, 0.3) is 0 Å². The molecule has 0 aliphatic rings. The van der Waals surface area contributed by atoms with Crippen molar-refractivity contribution in [3.05, 3.63) is 22.3 Å². The molecular formula is C10H13BrN2O2. The minimum Gasteiger partial charge on any atom is -0.372 e. The van der Waals surface area contributed by atoms with E-state index in [9.17, 15) is 4.79 Å². The molecule has 0 saturated carbocycles. The lowest BCUT2D eigenvalue weighted by Gasteiger charge is -2.05. The van der Waals surface area contributed by atoms with Gasteiger partial charge in [0.05, 0.1) is 0 Å². The van der Waals surface area contributed by atoms with Crippen LogP contribution in [0.4, 0.5) is 5.82 Å². The van der Waals surface area contributed by atoms with Gasteiger partial charge in [-0.3, -0.25) is 4.79 Å². The molecule has 0 aliphatic carbocycles. The summed E-state index contributed by atoms with van der Waals surface area (Å²) in [5.74, 6) is 0.353. The molecule has 0 radical (unpaired) electrons. The van der Waals surface area contributed by atoms with E-state index in [0.717, 1.165) is 10.0 Å². The van der Waals surface area contributed by atoms with Gasteiger partial charge in [0.15, 0.2) is 0 Å². The van der Waals surface area contributed by atoms with E-state index in [1.165, 1.54) is 0 Å². The minimum absolute atomic E-state index is 0.0628. The van der Waals surface area contributed by atoms with Crippen molar-refractivity contribution < 1.29 is 9.53 Å². The average Bonchev–Trinajstić information content (AvgIpc) is 2.20. The van der Waals surface area contributed by atoms with Gasteiger partial charge >= 0.3 is 0 Å². The number of halogens is 1. The smallest absolute Gasteiger partial charge is 0.251 e. The van der Waals surface area contributed by atoms with E-state index in [-0.39, 0.29) is 12.5 Å². The minimum atomic E-state index is -0.189. The van der Waals surface area contributed by atoms with Gasteiger partial charge in [-0.25, -0.2) is 4.98 Å². The van der Waals surface area contributed by atoms with Crippen LogP contribution in [0.3, 0.4) is 0 Å². The fourth-order valence-corrected chi connectivity index (χ4v) is 1.20. The fraction of sp³-hybridized carbons (Fsp3) is 0.400. The van der Waals surface area contributed by atoms with E-state index in [4.69, 9.17) is 4.74 Å². The number of carbonyl (C=O) groups is 1. The number of amides is 1. The van der Waals surface area contributed by atoms with Crippen LogP contribution < -0.4 is 5.32 Å². The lowest BCUT2D eigenvalue weighted by atomic mass is 10.3. The number of ether oxygens (including phenoxy) is 1. The number of carbonyl (C=O) groups excluding carboxylic acids is 1. The number of hydrogen-bond donors (Lipinski definition) is 1. The monoisotopic (exact) mass is 272 g/mol. The van der Waals surface area contributed by atoms with Gasteiger partial charge in [-0.1, -0.05) is 0 Å². The molecule has 0 atom stereocenters. The van der Waals surface area contributed by atoms with Crippen LogP contribution in [0.15, 0.2) is 16.7 Å². The predicted octanol–water partition coefficient (Wildman–Crippen LogP) is 2.13. The predicted molar refractivity (Wildman–Crippen MR) is 61.8 cm³/mol. The number of aromatic nitrogens is 1. The lowest BCUT2D eigenvalue weighted by Crippen LogP contribution is -2.18. The molecule has 82 valence electrons. The number of nitrogens with zero attached hydrogens (tertiary/aromatic N) is 1. The van der Waals surface area contributed by atoms with Crippen LogP contribution in [0.2, 0.25) is 0 Å². The Hall–Kier alpha value is -0.940. The molecule has 1 heterocycles. The van der Waals surface area contributed by atoms with E-state index in [1.807, 2.05) is 13.8 Å². The Kier molecular flexibility index (Phi) is 4.71. The summed E-state index contributed by atoms with van der Waals surface area (Å²) in [5, 5.41) is 2.65. The fourth-order valence-electron chi connectivity index (χ4n) is 0.981. The highest BCUT2D eigenvalue weighted by atomic mass is 79.9.